The number of phenolic OH excluding ortho intramolecular Hbond substituents is 1. The van der Waals surface area contributed by atoms with Crippen molar-refractivity contribution in [3.63, 3.8) is 0 Å². The highest BCUT2D eigenvalue weighted by Crippen LogP contribution is 2.49. The molecule has 0 bridgehead atoms. The van der Waals surface area contributed by atoms with Crippen LogP contribution in [0, 0.1) is 12.8 Å². The Morgan fingerprint density at radius 2 is 2.05 bits per heavy atom. The molecule has 0 radical (unpaired) electrons. The molecule has 3 heteroatoms. The van der Waals surface area contributed by atoms with Gasteiger partial charge in [0.1, 0.15) is 5.75 Å². The Labute approximate surface area is 130 Å². The highest BCUT2D eigenvalue weighted by Gasteiger charge is 2.40. The molecule has 0 aromatic heterocycles. The Bertz CT molecular complexity index is 698. The molecule has 2 aromatic carbocycles. The zero-order valence-corrected chi connectivity index (χ0v) is 12.8. The summed E-state index contributed by atoms with van der Waals surface area (Å²) in [6.07, 6.45) is 2.39. The molecule has 2 N–H and O–H groups in total. The van der Waals surface area contributed by atoms with Gasteiger partial charge in [-0.25, -0.2) is 0 Å². The lowest BCUT2D eigenvalue weighted by molar-refractivity contribution is -0.0382. The van der Waals surface area contributed by atoms with Gasteiger partial charge in [-0.3, -0.25) is 0 Å². The molecular weight excluding hydrogens is 274 g/mol. The average Bonchev–Trinajstić information content (AvgIpc) is 2.54. The van der Waals surface area contributed by atoms with E-state index in [9.17, 15) is 5.11 Å². The molecule has 2 aliphatic rings. The number of ether oxygens (including phenoxy) is 1. The maximum atomic E-state index is 9.83. The summed E-state index contributed by atoms with van der Waals surface area (Å²) in [6.45, 7) is 2.97. The number of anilines is 1. The largest absolute Gasteiger partial charge is 0.508 e. The first-order chi connectivity index (χ1) is 10.7. The van der Waals surface area contributed by atoms with E-state index in [-0.39, 0.29) is 12.1 Å². The number of aryl methyl sites for hydroxylation is 1. The number of para-hydroxylation sites is 1. The SMILES string of the molecule is Cc1cccc2c1N[C@@H](c1cccc(O)c1)[C@@H]1CCCO[C@H]21. The molecule has 114 valence electrons. The lowest BCUT2D eigenvalue weighted by Crippen LogP contribution is -2.36. The second-order valence-corrected chi connectivity index (χ2v) is 6.35. The highest BCUT2D eigenvalue weighted by atomic mass is 16.5. The van der Waals surface area contributed by atoms with Crippen LogP contribution in [0.2, 0.25) is 0 Å². The normalized spacial score (nSPS) is 26.7. The number of hydrogen-bond acceptors (Lipinski definition) is 3. The quantitative estimate of drug-likeness (QED) is 0.822. The Morgan fingerprint density at radius 3 is 2.91 bits per heavy atom. The molecule has 0 unspecified atom stereocenters. The number of hydrogen-bond donors (Lipinski definition) is 2. The van der Waals surface area contributed by atoms with Gasteiger partial charge in [0.2, 0.25) is 0 Å². The van der Waals surface area contributed by atoms with E-state index in [1.165, 1.54) is 16.8 Å². The standard InChI is InChI=1S/C19H21NO2/c1-12-5-2-8-15-17(12)20-18(13-6-3-7-14(21)11-13)16-9-4-10-22-19(15)16/h2-3,5-8,11,16,18-21H,4,9-10H2,1H3/t16-,18-,19+/m0/s1. The molecule has 0 spiro atoms. The molecule has 0 aliphatic carbocycles. The van der Waals surface area contributed by atoms with Gasteiger partial charge in [0.05, 0.1) is 12.1 Å². The molecule has 4 rings (SSSR count). The predicted molar refractivity (Wildman–Crippen MR) is 87.1 cm³/mol. The van der Waals surface area contributed by atoms with Gasteiger partial charge in [-0.05, 0) is 43.0 Å². The fourth-order valence-electron chi connectivity index (χ4n) is 3.90. The van der Waals surface area contributed by atoms with Gasteiger partial charge in [0.25, 0.3) is 0 Å². The lowest BCUT2D eigenvalue weighted by Gasteiger charge is -2.44. The van der Waals surface area contributed by atoms with Crippen molar-refractivity contribution in [3.05, 3.63) is 59.2 Å². The number of fused-ring (bicyclic) bond motifs is 3. The van der Waals surface area contributed by atoms with Crippen LogP contribution in [0.4, 0.5) is 5.69 Å². The number of phenols is 1. The zero-order chi connectivity index (χ0) is 15.1. The predicted octanol–water partition coefficient (Wildman–Crippen LogP) is 4.34. The van der Waals surface area contributed by atoms with E-state index in [1.54, 1.807) is 6.07 Å². The van der Waals surface area contributed by atoms with Crippen LogP contribution in [-0.4, -0.2) is 11.7 Å². The Morgan fingerprint density at radius 1 is 1.18 bits per heavy atom. The van der Waals surface area contributed by atoms with Gasteiger partial charge >= 0.3 is 0 Å². The number of nitrogens with one attached hydrogen (secondary N) is 1. The van der Waals surface area contributed by atoms with Crippen LogP contribution < -0.4 is 5.32 Å². The minimum atomic E-state index is 0.150. The van der Waals surface area contributed by atoms with Crippen LogP contribution in [0.15, 0.2) is 42.5 Å². The number of aromatic hydroxyl groups is 1. The molecule has 1 fully saturated rings. The Kier molecular flexibility index (Phi) is 3.30. The summed E-state index contributed by atoms with van der Waals surface area (Å²) >= 11 is 0. The van der Waals surface area contributed by atoms with E-state index in [0.29, 0.717) is 11.7 Å². The molecule has 2 heterocycles. The smallest absolute Gasteiger partial charge is 0.115 e. The fourth-order valence-corrected chi connectivity index (χ4v) is 3.90. The van der Waals surface area contributed by atoms with Gasteiger partial charge in [-0.1, -0.05) is 30.3 Å². The third-order valence-electron chi connectivity index (χ3n) is 4.94. The van der Waals surface area contributed by atoms with Gasteiger partial charge < -0.3 is 15.2 Å². The summed E-state index contributed by atoms with van der Waals surface area (Å²) in [7, 11) is 0. The van der Waals surface area contributed by atoms with E-state index in [1.807, 2.05) is 12.1 Å². The molecule has 3 nitrogen and oxygen atoms in total. The third-order valence-corrected chi connectivity index (χ3v) is 4.94. The minimum Gasteiger partial charge on any atom is -0.508 e. The van der Waals surface area contributed by atoms with Crippen LogP contribution in [0.25, 0.3) is 0 Å². The van der Waals surface area contributed by atoms with Gasteiger partial charge in [0.15, 0.2) is 0 Å². The van der Waals surface area contributed by atoms with E-state index in [4.69, 9.17) is 4.74 Å². The first kappa shape index (κ1) is 13.6. The molecule has 1 saturated heterocycles. The van der Waals surface area contributed by atoms with Crippen molar-refractivity contribution >= 4 is 5.69 Å². The van der Waals surface area contributed by atoms with Crippen LogP contribution in [-0.2, 0) is 4.74 Å². The van der Waals surface area contributed by atoms with Crippen LogP contribution in [0.5, 0.6) is 5.75 Å². The molecule has 2 aliphatic heterocycles. The summed E-state index contributed by atoms with van der Waals surface area (Å²) in [5, 5.41) is 13.5. The van der Waals surface area contributed by atoms with Crippen molar-refractivity contribution in [2.45, 2.75) is 31.9 Å². The first-order valence-corrected chi connectivity index (χ1v) is 8.00. The summed E-state index contributed by atoms with van der Waals surface area (Å²) in [5.74, 6) is 0.730. The number of benzene rings is 2. The van der Waals surface area contributed by atoms with Crippen molar-refractivity contribution in [1.29, 1.82) is 0 Å². The minimum absolute atomic E-state index is 0.150. The van der Waals surface area contributed by atoms with Crippen LogP contribution in [0.3, 0.4) is 0 Å². The molecule has 0 saturated carbocycles. The van der Waals surface area contributed by atoms with Gasteiger partial charge in [-0.2, -0.15) is 0 Å². The molecule has 0 amide bonds. The fraction of sp³-hybridized carbons (Fsp3) is 0.368. The van der Waals surface area contributed by atoms with Crippen molar-refractivity contribution in [2.24, 2.45) is 5.92 Å². The lowest BCUT2D eigenvalue weighted by atomic mass is 9.77. The molecule has 2 aromatic rings. The monoisotopic (exact) mass is 295 g/mol. The molecule has 3 atom stereocenters. The summed E-state index contributed by atoms with van der Waals surface area (Å²) in [6, 6.07) is 14.2. The summed E-state index contributed by atoms with van der Waals surface area (Å²) < 4.78 is 6.14. The first-order valence-electron chi connectivity index (χ1n) is 8.00. The van der Waals surface area contributed by atoms with Gasteiger partial charge in [-0.15, -0.1) is 0 Å². The summed E-state index contributed by atoms with van der Waals surface area (Å²) in [4.78, 5) is 0. The molecular formula is C19H21NO2. The second-order valence-electron chi connectivity index (χ2n) is 6.35. The van der Waals surface area contributed by atoms with Gasteiger partial charge in [0, 0.05) is 23.8 Å². The Hall–Kier alpha value is -2.00. The number of rotatable bonds is 1. The summed E-state index contributed by atoms with van der Waals surface area (Å²) in [5.41, 5.74) is 4.85. The van der Waals surface area contributed by atoms with E-state index >= 15 is 0 Å². The van der Waals surface area contributed by atoms with E-state index in [2.05, 4.69) is 36.5 Å². The Balaban J connectivity index is 1.81. The van der Waals surface area contributed by atoms with E-state index < -0.39 is 0 Å². The molecule has 22 heavy (non-hydrogen) atoms. The average molecular weight is 295 g/mol. The second kappa shape index (κ2) is 5.33. The third kappa shape index (κ3) is 2.17. The topological polar surface area (TPSA) is 41.5 Å². The van der Waals surface area contributed by atoms with Crippen LogP contribution in [0.1, 0.15) is 41.7 Å². The van der Waals surface area contributed by atoms with Crippen molar-refractivity contribution in [2.75, 3.05) is 11.9 Å². The van der Waals surface area contributed by atoms with Crippen molar-refractivity contribution in [3.8, 4) is 5.75 Å². The van der Waals surface area contributed by atoms with Crippen molar-refractivity contribution in [1.82, 2.24) is 0 Å². The zero-order valence-electron chi connectivity index (χ0n) is 12.8. The maximum absolute atomic E-state index is 9.83. The van der Waals surface area contributed by atoms with Crippen molar-refractivity contribution < 1.29 is 9.84 Å². The van der Waals surface area contributed by atoms with Crippen LogP contribution >= 0.6 is 0 Å². The maximum Gasteiger partial charge on any atom is 0.115 e. The van der Waals surface area contributed by atoms with E-state index in [0.717, 1.165) is 25.0 Å². The highest BCUT2D eigenvalue weighted by molar-refractivity contribution is 5.62.